The average Bonchev–Trinajstić information content (AvgIpc) is 2.75. The predicted octanol–water partition coefficient (Wildman–Crippen LogP) is 0.985. The van der Waals surface area contributed by atoms with Crippen molar-refractivity contribution in [3.63, 3.8) is 0 Å². The van der Waals surface area contributed by atoms with Crippen molar-refractivity contribution in [3.8, 4) is 0 Å². The molecular weight excluding hydrogens is 156 g/mol. The third-order valence-corrected chi connectivity index (χ3v) is 1.99. The van der Waals surface area contributed by atoms with Gasteiger partial charge in [-0.3, -0.25) is 0 Å². The van der Waals surface area contributed by atoms with Gasteiger partial charge in [-0.15, -0.1) is 0 Å². The van der Waals surface area contributed by atoms with Gasteiger partial charge >= 0.3 is 0 Å². The highest BCUT2D eigenvalue weighted by atomic mass is 16.5. The normalized spacial score (nSPS) is 23.2. The molecule has 1 aromatic rings. The Kier molecular flexibility index (Phi) is 2.10. The Labute approximate surface area is 70.7 Å². The summed E-state index contributed by atoms with van der Waals surface area (Å²) in [4.78, 5) is 4.01. The van der Waals surface area contributed by atoms with Gasteiger partial charge in [0.1, 0.15) is 6.10 Å². The van der Waals surface area contributed by atoms with Gasteiger partial charge in [0.15, 0.2) is 5.76 Å². The Morgan fingerprint density at radius 1 is 1.67 bits per heavy atom. The second-order valence-electron chi connectivity index (χ2n) is 2.86. The van der Waals surface area contributed by atoms with Crippen LogP contribution in [0.5, 0.6) is 0 Å². The molecule has 1 aromatic heterocycles. The van der Waals surface area contributed by atoms with Crippen molar-refractivity contribution in [2.75, 3.05) is 6.61 Å². The molecule has 2 rings (SSSR count). The van der Waals surface area contributed by atoms with Crippen molar-refractivity contribution in [1.82, 2.24) is 4.98 Å². The maximum Gasteiger partial charge on any atom is 0.208 e. The molecular formula is C8H12N2O2. The van der Waals surface area contributed by atoms with Crippen molar-refractivity contribution in [3.05, 3.63) is 17.8 Å². The van der Waals surface area contributed by atoms with Crippen LogP contribution in [-0.2, 0) is 11.3 Å². The van der Waals surface area contributed by atoms with Crippen LogP contribution in [0.2, 0.25) is 0 Å². The summed E-state index contributed by atoms with van der Waals surface area (Å²) in [5, 5.41) is 0. The summed E-state index contributed by atoms with van der Waals surface area (Å²) in [6, 6.07) is 0. The Hall–Kier alpha value is -0.870. The van der Waals surface area contributed by atoms with Crippen LogP contribution in [0.25, 0.3) is 0 Å². The molecule has 0 radical (unpaired) electrons. The third-order valence-electron chi connectivity index (χ3n) is 1.99. The standard InChI is InChI=1S/C8H12N2O2/c9-4-8-10-5-7(12-8)6-2-1-3-11-6/h5-6H,1-4,9H2. The second-order valence-corrected chi connectivity index (χ2v) is 2.86. The van der Waals surface area contributed by atoms with Gasteiger partial charge in [-0.1, -0.05) is 0 Å². The smallest absolute Gasteiger partial charge is 0.208 e. The molecule has 1 aliphatic rings. The van der Waals surface area contributed by atoms with Crippen molar-refractivity contribution >= 4 is 0 Å². The van der Waals surface area contributed by atoms with E-state index in [1.807, 2.05) is 0 Å². The van der Waals surface area contributed by atoms with Gasteiger partial charge in [-0.05, 0) is 12.8 Å². The van der Waals surface area contributed by atoms with Crippen LogP contribution in [0.4, 0.5) is 0 Å². The molecule has 0 spiro atoms. The van der Waals surface area contributed by atoms with Crippen LogP contribution in [0.1, 0.15) is 30.6 Å². The van der Waals surface area contributed by atoms with Crippen LogP contribution in [-0.4, -0.2) is 11.6 Å². The first-order chi connectivity index (χ1) is 5.90. The van der Waals surface area contributed by atoms with Crippen LogP contribution < -0.4 is 5.73 Å². The van der Waals surface area contributed by atoms with Crippen molar-refractivity contribution in [2.24, 2.45) is 5.73 Å². The van der Waals surface area contributed by atoms with Crippen LogP contribution in [0.3, 0.4) is 0 Å². The quantitative estimate of drug-likeness (QED) is 0.715. The maximum absolute atomic E-state index is 5.42. The van der Waals surface area contributed by atoms with E-state index in [0.717, 1.165) is 25.2 Å². The van der Waals surface area contributed by atoms with E-state index in [-0.39, 0.29) is 6.10 Å². The summed E-state index contributed by atoms with van der Waals surface area (Å²) < 4.78 is 10.8. The van der Waals surface area contributed by atoms with Gasteiger partial charge in [-0.2, -0.15) is 0 Å². The molecule has 1 unspecified atom stereocenters. The molecule has 2 N–H and O–H groups in total. The summed E-state index contributed by atoms with van der Waals surface area (Å²) in [5.41, 5.74) is 5.36. The zero-order chi connectivity index (χ0) is 8.39. The minimum absolute atomic E-state index is 0.109. The zero-order valence-corrected chi connectivity index (χ0v) is 6.82. The lowest BCUT2D eigenvalue weighted by Gasteiger charge is -2.02. The molecule has 0 aromatic carbocycles. The Bertz CT molecular complexity index is 253. The molecule has 0 bridgehead atoms. The van der Waals surface area contributed by atoms with Gasteiger partial charge in [0.05, 0.1) is 12.7 Å². The van der Waals surface area contributed by atoms with E-state index >= 15 is 0 Å². The number of ether oxygens (including phenoxy) is 1. The number of oxazole rings is 1. The molecule has 4 heteroatoms. The first kappa shape index (κ1) is 7.76. The molecule has 1 fully saturated rings. The van der Waals surface area contributed by atoms with E-state index in [2.05, 4.69) is 4.98 Å². The average molecular weight is 168 g/mol. The molecule has 0 amide bonds. The molecule has 1 atom stereocenters. The van der Waals surface area contributed by atoms with Crippen LogP contribution >= 0.6 is 0 Å². The monoisotopic (exact) mass is 168 g/mol. The molecule has 4 nitrogen and oxygen atoms in total. The Morgan fingerprint density at radius 2 is 2.58 bits per heavy atom. The lowest BCUT2D eigenvalue weighted by atomic mass is 10.2. The van der Waals surface area contributed by atoms with Crippen LogP contribution in [0, 0.1) is 0 Å². The summed E-state index contributed by atoms with van der Waals surface area (Å²) in [6.45, 7) is 1.18. The fourth-order valence-electron chi connectivity index (χ4n) is 1.37. The lowest BCUT2D eigenvalue weighted by molar-refractivity contribution is 0.0925. The molecule has 0 saturated carbocycles. The summed E-state index contributed by atoms with van der Waals surface area (Å²) in [5.74, 6) is 1.40. The van der Waals surface area contributed by atoms with E-state index in [1.54, 1.807) is 6.20 Å². The van der Waals surface area contributed by atoms with E-state index in [1.165, 1.54) is 0 Å². The fraction of sp³-hybridized carbons (Fsp3) is 0.625. The summed E-state index contributed by atoms with van der Waals surface area (Å²) in [7, 11) is 0. The molecule has 2 heterocycles. The SMILES string of the molecule is NCc1ncc(C2CCCO2)o1. The Balaban J connectivity index is 2.11. The van der Waals surface area contributed by atoms with Gasteiger partial charge in [0.25, 0.3) is 0 Å². The molecule has 12 heavy (non-hydrogen) atoms. The van der Waals surface area contributed by atoms with Gasteiger partial charge < -0.3 is 14.9 Å². The number of nitrogens with two attached hydrogens (primary N) is 1. The van der Waals surface area contributed by atoms with Crippen LogP contribution in [0.15, 0.2) is 10.6 Å². The molecule has 0 aliphatic carbocycles. The summed E-state index contributed by atoms with van der Waals surface area (Å²) in [6.07, 6.45) is 3.94. The van der Waals surface area contributed by atoms with Gasteiger partial charge in [0, 0.05) is 6.61 Å². The van der Waals surface area contributed by atoms with E-state index in [4.69, 9.17) is 14.9 Å². The first-order valence-corrected chi connectivity index (χ1v) is 4.16. The second kappa shape index (κ2) is 3.25. The minimum atomic E-state index is 0.109. The van der Waals surface area contributed by atoms with Crippen molar-refractivity contribution < 1.29 is 9.15 Å². The van der Waals surface area contributed by atoms with Crippen molar-refractivity contribution in [2.45, 2.75) is 25.5 Å². The number of rotatable bonds is 2. The van der Waals surface area contributed by atoms with E-state index in [0.29, 0.717) is 12.4 Å². The number of aromatic nitrogens is 1. The number of hydrogen-bond acceptors (Lipinski definition) is 4. The van der Waals surface area contributed by atoms with Gasteiger partial charge in [0.2, 0.25) is 5.89 Å². The third kappa shape index (κ3) is 1.35. The first-order valence-electron chi connectivity index (χ1n) is 4.16. The minimum Gasteiger partial charge on any atom is -0.442 e. The highest BCUT2D eigenvalue weighted by molar-refractivity contribution is 4.99. The number of hydrogen-bond donors (Lipinski definition) is 1. The highest BCUT2D eigenvalue weighted by Gasteiger charge is 2.21. The fourth-order valence-corrected chi connectivity index (χ4v) is 1.37. The zero-order valence-electron chi connectivity index (χ0n) is 6.82. The lowest BCUT2D eigenvalue weighted by Crippen LogP contribution is -1.96. The maximum atomic E-state index is 5.42. The predicted molar refractivity (Wildman–Crippen MR) is 42.3 cm³/mol. The van der Waals surface area contributed by atoms with Crippen molar-refractivity contribution in [1.29, 1.82) is 0 Å². The van der Waals surface area contributed by atoms with E-state index in [9.17, 15) is 0 Å². The largest absolute Gasteiger partial charge is 0.442 e. The molecule has 1 aliphatic heterocycles. The topological polar surface area (TPSA) is 61.3 Å². The highest BCUT2D eigenvalue weighted by Crippen LogP contribution is 2.28. The molecule has 66 valence electrons. The molecule has 1 saturated heterocycles. The van der Waals surface area contributed by atoms with E-state index < -0.39 is 0 Å². The van der Waals surface area contributed by atoms with Gasteiger partial charge in [-0.25, -0.2) is 4.98 Å². The summed E-state index contributed by atoms with van der Waals surface area (Å²) >= 11 is 0. The number of nitrogens with zero attached hydrogens (tertiary/aromatic N) is 1. The Morgan fingerprint density at radius 3 is 3.17 bits per heavy atom.